The first-order chi connectivity index (χ1) is 9.98. The number of halogens is 2. The van der Waals surface area contributed by atoms with Crippen LogP contribution in [-0.2, 0) is 4.79 Å². The summed E-state index contributed by atoms with van der Waals surface area (Å²) in [5.74, 6) is -2.04. The van der Waals surface area contributed by atoms with E-state index in [1.165, 1.54) is 18.2 Å². The largest absolute Gasteiger partial charge is 0.349 e. The number of hydrogen-bond donors (Lipinski definition) is 2. The van der Waals surface area contributed by atoms with Gasteiger partial charge in [-0.05, 0) is 31.4 Å². The van der Waals surface area contributed by atoms with E-state index in [0.29, 0.717) is 13.0 Å². The maximum Gasteiger partial charge on any atom is 0.224 e. The van der Waals surface area contributed by atoms with Crippen LogP contribution in [0.5, 0.6) is 0 Å². The second kappa shape index (κ2) is 6.10. The summed E-state index contributed by atoms with van der Waals surface area (Å²) < 4.78 is 27.4. The Bertz CT molecular complexity index is 500. The molecule has 116 valence electrons. The zero-order chi connectivity index (χ0) is 15.6. The van der Waals surface area contributed by atoms with Crippen LogP contribution in [0.3, 0.4) is 0 Å². The van der Waals surface area contributed by atoms with Crippen molar-refractivity contribution in [3.05, 3.63) is 35.4 Å². The number of amides is 1. The van der Waals surface area contributed by atoms with E-state index in [2.05, 4.69) is 5.32 Å². The molecule has 0 bridgehead atoms. The Morgan fingerprint density at radius 3 is 2.38 bits per heavy atom. The Hall–Kier alpha value is -1.49. The zero-order valence-corrected chi connectivity index (χ0v) is 12.5. The molecule has 0 radical (unpaired) electrons. The topological polar surface area (TPSA) is 55.1 Å². The molecule has 1 amide bonds. The van der Waals surface area contributed by atoms with E-state index < -0.39 is 17.2 Å². The van der Waals surface area contributed by atoms with E-state index in [-0.39, 0.29) is 23.3 Å². The molecule has 0 spiro atoms. The predicted molar refractivity (Wildman–Crippen MR) is 77.7 cm³/mol. The number of benzene rings is 1. The van der Waals surface area contributed by atoms with Crippen molar-refractivity contribution in [2.75, 3.05) is 6.54 Å². The first-order valence-corrected chi connectivity index (χ1v) is 7.44. The van der Waals surface area contributed by atoms with Crippen molar-refractivity contribution in [2.24, 2.45) is 11.7 Å². The summed E-state index contributed by atoms with van der Waals surface area (Å²) in [5, 5.41) is 2.97. The van der Waals surface area contributed by atoms with Crippen LogP contribution in [0.1, 0.15) is 44.6 Å². The molecule has 3 nitrogen and oxygen atoms in total. The SMILES string of the molecule is CCC(CC)(CN)NC(=O)C1CC1c1c(F)cccc1F. The smallest absolute Gasteiger partial charge is 0.224 e. The fourth-order valence-electron chi connectivity index (χ4n) is 2.79. The van der Waals surface area contributed by atoms with Gasteiger partial charge in [-0.15, -0.1) is 0 Å². The van der Waals surface area contributed by atoms with Crippen LogP contribution in [0.2, 0.25) is 0 Å². The molecule has 2 rings (SSSR count). The molecule has 0 aliphatic heterocycles. The highest BCUT2D eigenvalue weighted by atomic mass is 19.1. The summed E-state index contributed by atoms with van der Waals surface area (Å²) in [4.78, 5) is 12.3. The molecule has 1 aromatic carbocycles. The maximum absolute atomic E-state index is 13.7. The van der Waals surface area contributed by atoms with Crippen LogP contribution in [-0.4, -0.2) is 18.0 Å². The monoisotopic (exact) mass is 296 g/mol. The van der Waals surface area contributed by atoms with Gasteiger partial charge in [-0.2, -0.15) is 0 Å². The van der Waals surface area contributed by atoms with Gasteiger partial charge >= 0.3 is 0 Å². The molecule has 0 saturated heterocycles. The summed E-state index contributed by atoms with van der Waals surface area (Å²) in [6, 6.07) is 3.79. The highest BCUT2D eigenvalue weighted by Crippen LogP contribution is 2.49. The number of nitrogens with one attached hydrogen (secondary N) is 1. The van der Waals surface area contributed by atoms with E-state index in [1.807, 2.05) is 13.8 Å². The predicted octanol–water partition coefficient (Wildman–Crippen LogP) is 2.70. The minimum Gasteiger partial charge on any atom is -0.349 e. The zero-order valence-electron chi connectivity index (χ0n) is 12.5. The van der Waals surface area contributed by atoms with E-state index in [0.717, 1.165) is 12.8 Å². The van der Waals surface area contributed by atoms with Gasteiger partial charge < -0.3 is 11.1 Å². The average molecular weight is 296 g/mol. The lowest BCUT2D eigenvalue weighted by Crippen LogP contribution is -2.53. The van der Waals surface area contributed by atoms with Gasteiger partial charge in [-0.3, -0.25) is 4.79 Å². The molecular formula is C16H22F2N2O. The van der Waals surface area contributed by atoms with Gasteiger partial charge in [0.2, 0.25) is 5.91 Å². The van der Waals surface area contributed by atoms with Gasteiger partial charge in [-0.25, -0.2) is 8.78 Å². The van der Waals surface area contributed by atoms with Crippen molar-refractivity contribution in [1.29, 1.82) is 0 Å². The lowest BCUT2D eigenvalue weighted by atomic mass is 9.92. The Morgan fingerprint density at radius 2 is 1.90 bits per heavy atom. The molecule has 3 N–H and O–H groups in total. The van der Waals surface area contributed by atoms with Crippen molar-refractivity contribution in [3.63, 3.8) is 0 Å². The number of rotatable bonds is 6. The van der Waals surface area contributed by atoms with E-state index >= 15 is 0 Å². The van der Waals surface area contributed by atoms with Crippen LogP contribution >= 0.6 is 0 Å². The summed E-state index contributed by atoms with van der Waals surface area (Å²) in [7, 11) is 0. The van der Waals surface area contributed by atoms with Gasteiger partial charge in [-0.1, -0.05) is 19.9 Å². The van der Waals surface area contributed by atoms with Gasteiger partial charge in [0.15, 0.2) is 0 Å². The lowest BCUT2D eigenvalue weighted by molar-refractivity contribution is -0.124. The Kier molecular flexibility index (Phi) is 4.61. The molecule has 2 atom stereocenters. The fourth-order valence-corrected chi connectivity index (χ4v) is 2.79. The van der Waals surface area contributed by atoms with Crippen LogP contribution in [0.4, 0.5) is 8.78 Å². The molecule has 5 heteroatoms. The third kappa shape index (κ3) is 3.07. The fraction of sp³-hybridized carbons (Fsp3) is 0.562. The second-order valence-electron chi connectivity index (χ2n) is 5.76. The molecule has 1 aliphatic carbocycles. The van der Waals surface area contributed by atoms with Crippen molar-refractivity contribution >= 4 is 5.91 Å². The third-order valence-corrected chi connectivity index (χ3v) is 4.63. The summed E-state index contributed by atoms with van der Waals surface area (Å²) in [6.45, 7) is 4.30. The van der Waals surface area contributed by atoms with Crippen molar-refractivity contribution in [2.45, 2.75) is 44.6 Å². The highest BCUT2D eigenvalue weighted by molar-refractivity contribution is 5.83. The van der Waals surface area contributed by atoms with Crippen LogP contribution in [0.15, 0.2) is 18.2 Å². The molecular weight excluding hydrogens is 274 g/mol. The van der Waals surface area contributed by atoms with Gasteiger partial charge in [0.05, 0.1) is 5.54 Å². The summed E-state index contributed by atoms with van der Waals surface area (Å²) in [6.07, 6.45) is 1.95. The minimum atomic E-state index is -0.577. The first kappa shape index (κ1) is 15.9. The van der Waals surface area contributed by atoms with Gasteiger partial charge in [0, 0.05) is 23.9 Å². The maximum atomic E-state index is 13.7. The first-order valence-electron chi connectivity index (χ1n) is 7.44. The normalized spacial score (nSPS) is 21.2. The Balaban J connectivity index is 2.08. The Morgan fingerprint density at radius 1 is 1.33 bits per heavy atom. The molecule has 21 heavy (non-hydrogen) atoms. The number of nitrogens with two attached hydrogens (primary N) is 1. The summed E-state index contributed by atoms with van der Waals surface area (Å²) >= 11 is 0. The third-order valence-electron chi connectivity index (χ3n) is 4.63. The minimum absolute atomic E-state index is 0.0315. The van der Waals surface area contributed by atoms with Gasteiger partial charge in [0.25, 0.3) is 0 Å². The van der Waals surface area contributed by atoms with Gasteiger partial charge in [0.1, 0.15) is 11.6 Å². The summed E-state index contributed by atoms with van der Waals surface area (Å²) in [5.41, 5.74) is 5.37. The highest BCUT2D eigenvalue weighted by Gasteiger charge is 2.47. The number of hydrogen-bond acceptors (Lipinski definition) is 2. The van der Waals surface area contributed by atoms with Crippen molar-refractivity contribution < 1.29 is 13.6 Å². The standard InChI is InChI=1S/C16H22F2N2O/c1-3-16(4-2,9-19)20-15(21)11-8-10(11)14-12(17)6-5-7-13(14)18/h5-7,10-11H,3-4,8-9,19H2,1-2H3,(H,20,21). The molecule has 1 saturated carbocycles. The number of carbonyl (C=O) groups excluding carboxylic acids is 1. The van der Waals surface area contributed by atoms with Crippen molar-refractivity contribution in [3.8, 4) is 0 Å². The van der Waals surface area contributed by atoms with Crippen LogP contribution in [0, 0.1) is 17.6 Å². The van der Waals surface area contributed by atoms with Crippen molar-refractivity contribution in [1.82, 2.24) is 5.32 Å². The Labute approximate surface area is 123 Å². The van der Waals surface area contributed by atoms with E-state index in [1.54, 1.807) is 0 Å². The quantitative estimate of drug-likeness (QED) is 0.848. The van der Waals surface area contributed by atoms with Crippen LogP contribution in [0.25, 0.3) is 0 Å². The number of carbonyl (C=O) groups is 1. The van der Waals surface area contributed by atoms with Crippen LogP contribution < -0.4 is 11.1 Å². The van der Waals surface area contributed by atoms with E-state index in [4.69, 9.17) is 5.73 Å². The molecule has 0 aromatic heterocycles. The molecule has 1 fully saturated rings. The molecule has 1 aliphatic rings. The average Bonchev–Trinajstić information content (AvgIpc) is 3.25. The molecule has 0 heterocycles. The second-order valence-corrected chi connectivity index (χ2v) is 5.76. The molecule has 1 aromatic rings. The molecule has 2 unspecified atom stereocenters. The lowest BCUT2D eigenvalue weighted by Gasteiger charge is -2.31. The van der Waals surface area contributed by atoms with E-state index in [9.17, 15) is 13.6 Å².